The lowest BCUT2D eigenvalue weighted by molar-refractivity contribution is -0.137. The first kappa shape index (κ1) is 15.3. The van der Waals surface area contributed by atoms with Gasteiger partial charge in [0.25, 0.3) is 5.91 Å². The largest absolute Gasteiger partial charge is 0.416 e. The van der Waals surface area contributed by atoms with Crippen LogP contribution in [0.25, 0.3) is 0 Å². The number of rotatable bonds is 2. The minimum absolute atomic E-state index is 0.0586. The molecule has 1 unspecified atom stereocenters. The Balaban J connectivity index is 1.73. The molecule has 1 aromatic rings. The summed E-state index contributed by atoms with van der Waals surface area (Å²) in [4.78, 5) is 14.4. The number of nitrogens with zero attached hydrogens (tertiary/aromatic N) is 1. The summed E-state index contributed by atoms with van der Waals surface area (Å²) >= 11 is 0. The number of fused-ring (bicyclic) bond motifs is 3. The highest BCUT2D eigenvalue weighted by Crippen LogP contribution is 2.31. The Hall–Kier alpha value is -1.63. The van der Waals surface area contributed by atoms with Gasteiger partial charge in [0, 0.05) is 12.6 Å². The van der Waals surface area contributed by atoms with Crippen molar-refractivity contribution in [2.24, 2.45) is 5.92 Å². The highest BCUT2D eigenvalue weighted by atomic mass is 19.4. The Kier molecular flexibility index (Phi) is 3.84. The predicted octanol–water partition coefficient (Wildman–Crippen LogP) is 2.67. The second-order valence-electron chi connectivity index (χ2n) is 5.91. The number of benzene rings is 1. The van der Waals surface area contributed by atoms with Gasteiger partial charge in [0.1, 0.15) is 5.82 Å². The zero-order valence-electron chi connectivity index (χ0n) is 11.8. The molecule has 120 valence electrons. The number of carbonyl (C=O) groups excluding carboxylic acids is 1. The van der Waals surface area contributed by atoms with E-state index < -0.39 is 23.5 Å². The van der Waals surface area contributed by atoms with Gasteiger partial charge >= 0.3 is 6.18 Å². The highest BCUT2D eigenvalue weighted by molar-refractivity contribution is 5.94. The zero-order chi connectivity index (χ0) is 15.9. The monoisotopic (exact) mass is 316 g/mol. The molecule has 0 spiro atoms. The van der Waals surface area contributed by atoms with Crippen LogP contribution in [-0.2, 0) is 6.18 Å². The van der Waals surface area contributed by atoms with E-state index in [-0.39, 0.29) is 11.6 Å². The van der Waals surface area contributed by atoms with Crippen molar-refractivity contribution in [2.75, 3.05) is 19.6 Å². The standard InChI is InChI=1S/C15H16F4N2O/c16-12-7-10(15(17,18)19)1-2-11(12)14(22)20-13-8-21-5-3-9(13)4-6-21/h1-2,7,9,13H,3-6,8H2,(H,20,22). The number of piperidine rings is 3. The zero-order valence-corrected chi connectivity index (χ0v) is 11.8. The molecule has 0 aliphatic carbocycles. The molecule has 1 atom stereocenters. The maximum absolute atomic E-state index is 13.8. The van der Waals surface area contributed by atoms with Crippen LogP contribution < -0.4 is 5.32 Å². The molecule has 0 radical (unpaired) electrons. The fraction of sp³-hybridized carbons (Fsp3) is 0.533. The maximum Gasteiger partial charge on any atom is 0.416 e. The average molecular weight is 316 g/mol. The fourth-order valence-electron chi connectivity index (χ4n) is 3.25. The fourth-order valence-corrected chi connectivity index (χ4v) is 3.25. The van der Waals surface area contributed by atoms with Gasteiger partial charge in [0.2, 0.25) is 0 Å². The predicted molar refractivity (Wildman–Crippen MR) is 71.8 cm³/mol. The first-order valence-electron chi connectivity index (χ1n) is 7.24. The van der Waals surface area contributed by atoms with Crippen molar-refractivity contribution < 1.29 is 22.4 Å². The molecule has 0 saturated carbocycles. The first-order valence-corrected chi connectivity index (χ1v) is 7.24. The summed E-state index contributed by atoms with van der Waals surface area (Å²) in [6.45, 7) is 2.73. The first-order chi connectivity index (χ1) is 10.3. The molecule has 0 aromatic heterocycles. The van der Waals surface area contributed by atoms with E-state index in [0.717, 1.165) is 44.6 Å². The summed E-state index contributed by atoms with van der Waals surface area (Å²) in [5, 5.41) is 2.76. The summed E-state index contributed by atoms with van der Waals surface area (Å²) in [5.74, 6) is -1.43. The third-order valence-electron chi connectivity index (χ3n) is 4.51. The molecule has 3 aliphatic heterocycles. The molecule has 1 amide bonds. The van der Waals surface area contributed by atoms with E-state index in [0.29, 0.717) is 12.0 Å². The van der Waals surface area contributed by atoms with E-state index in [2.05, 4.69) is 10.2 Å². The van der Waals surface area contributed by atoms with E-state index in [1.807, 2.05) is 0 Å². The Labute approximate surface area is 125 Å². The Morgan fingerprint density at radius 3 is 2.41 bits per heavy atom. The van der Waals surface area contributed by atoms with Crippen molar-refractivity contribution in [2.45, 2.75) is 25.1 Å². The van der Waals surface area contributed by atoms with Crippen molar-refractivity contribution in [3.05, 3.63) is 35.1 Å². The van der Waals surface area contributed by atoms with Gasteiger partial charge in [0.05, 0.1) is 11.1 Å². The number of alkyl halides is 3. The number of nitrogens with one attached hydrogen (secondary N) is 1. The topological polar surface area (TPSA) is 32.3 Å². The lowest BCUT2D eigenvalue weighted by Gasteiger charge is -2.44. The molecule has 1 N–H and O–H groups in total. The van der Waals surface area contributed by atoms with Crippen LogP contribution >= 0.6 is 0 Å². The van der Waals surface area contributed by atoms with E-state index >= 15 is 0 Å². The minimum Gasteiger partial charge on any atom is -0.348 e. The number of hydrogen-bond donors (Lipinski definition) is 1. The van der Waals surface area contributed by atoms with Crippen molar-refractivity contribution in [3.63, 3.8) is 0 Å². The molecule has 1 aromatic carbocycles. The van der Waals surface area contributed by atoms with Gasteiger partial charge in [0.15, 0.2) is 0 Å². The van der Waals surface area contributed by atoms with Crippen LogP contribution in [0.2, 0.25) is 0 Å². The number of carbonyl (C=O) groups is 1. The Bertz CT molecular complexity index is 579. The van der Waals surface area contributed by atoms with Crippen LogP contribution in [-0.4, -0.2) is 36.5 Å². The second kappa shape index (κ2) is 5.53. The van der Waals surface area contributed by atoms with Crippen LogP contribution in [0.3, 0.4) is 0 Å². The Morgan fingerprint density at radius 2 is 1.91 bits per heavy atom. The molecular formula is C15H16F4N2O. The summed E-state index contributed by atoms with van der Waals surface area (Å²) in [6, 6.07) is 1.94. The van der Waals surface area contributed by atoms with Crippen molar-refractivity contribution >= 4 is 5.91 Å². The van der Waals surface area contributed by atoms with Gasteiger partial charge < -0.3 is 10.2 Å². The molecular weight excluding hydrogens is 300 g/mol. The molecule has 7 heteroatoms. The number of hydrogen-bond acceptors (Lipinski definition) is 2. The van der Waals surface area contributed by atoms with E-state index in [1.165, 1.54) is 0 Å². The van der Waals surface area contributed by atoms with Crippen molar-refractivity contribution in [3.8, 4) is 0 Å². The quantitative estimate of drug-likeness (QED) is 0.851. The van der Waals surface area contributed by atoms with Crippen LogP contribution in [0, 0.1) is 11.7 Å². The number of amides is 1. The van der Waals surface area contributed by atoms with Gasteiger partial charge in [-0.1, -0.05) is 0 Å². The summed E-state index contributed by atoms with van der Waals surface area (Å²) in [6.07, 6.45) is -2.65. The second-order valence-corrected chi connectivity index (χ2v) is 5.91. The molecule has 3 nitrogen and oxygen atoms in total. The summed E-state index contributed by atoms with van der Waals surface area (Å²) in [5.41, 5.74) is -1.44. The van der Waals surface area contributed by atoms with Crippen LogP contribution in [0.4, 0.5) is 17.6 Å². The summed E-state index contributed by atoms with van der Waals surface area (Å²) < 4.78 is 51.3. The van der Waals surface area contributed by atoms with Crippen LogP contribution in [0.5, 0.6) is 0 Å². The van der Waals surface area contributed by atoms with Crippen molar-refractivity contribution in [1.82, 2.24) is 10.2 Å². The van der Waals surface area contributed by atoms with E-state index in [9.17, 15) is 22.4 Å². The molecule has 4 rings (SSSR count). The molecule has 3 saturated heterocycles. The molecule has 22 heavy (non-hydrogen) atoms. The smallest absolute Gasteiger partial charge is 0.348 e. The van der Waals surface area contributed by atoms with E-state index in [1.54, 1.807) is 0 Å². The third-order valence-corrected chi connectivity index (χ3v) is 4.51. The molecule has 3 heterocycles. The lowest BCUT2D eigenvalue weighted by Crippen LogP contribution is -2.57. The van der Waals surface area contributed by atoms with E-state index in [4.69, 9.17) is 0 Å². The summed E-state index contributed by atoms with van der Waals surface area (Å²) in [7, 11) is 0. The van der Waals surface area contributed by atoms with Gasteiger partial charge in [-0.15, -0.1) is 0 Å². The van der Waals surface area contributed by atoms with Gasteiger partial charge in [-0.05, 0) is 50.0 Å². The van der Waals surface area contributed by atoms with Crippen LogP contribution in [0.1, 0.15) is 28.8 Å². The number of halogens is 4. The lowest BCUT2D eigenvalue weighted by atomic mass is 9.84. The normalized spacial score (nSPS) is 27.7. The molecule has 2 bridgehead atoms. The Morgan fingerprint density at radius 1 is 1.23 bits per heavy atom. The third kappa shape index (κ3) is 2.95. The van der Waals surface area contributed by atoms with Crippen molar-refractivity contribution in [1.29, 1.82) is 0 Å². The minimum atomic E-state index is -4.62. The average Bonchev–Trinajstić information content (AvgIpc) is 2.47. The molecule has 3 aliphatic rings. The SMILES string of the molecule is O=C(NC1CN2CCC1CC2)c1ccc(C(F)(F)F)cc1F. The van der Waals surface area contributed by atoms with Crippen LogP contribution in [0.15, 0.2) is 18.2 Å². The van der Waals surface area contributed by atoms with Gasteiger partial charge in [-0.2, -0.15) is 13.2 Å². The van der Waals surface area contributed by atoms with Gasteiger partial charge in [-0.25, -0.2) is 4.39 Å². The maximum atomic E-state index is 13.8. The van der Waals surface area contributed by atoms with Gasteiger partial charge in [-0.3, -0.25) is 4.79 Å². The highest BCUT2D eigenvalue weighted by Gasteiger charge is 2.36. The molecule has 3 fully saturated rings.